The summed E-state index contributed by atoms with van der Waals surface area (Å²) in [5, 5.41) is 2.87. The zero-order chi connectivity index (χ0) is 12.8. The molecule has 1 aromatic rings. The number of nitrogens with one attached hydrogen (secondary N) is 1. The Morgan fingerprint density at radius 1 is 1.47 bits per heavy atom. The fourth-order valence-electron chi connectivity index (χ4n) is 1.71. The summed E-state index contributed by atoms with van der Waals surface area (Å²) < 4.78 is 0. The van der Waals surface area contributed by atoms with Gasteiger partial charge >= 0.3 is 0 Å². The summed E-state index contributed by atoms with van der Waals surface area (Å²) in [7, 11) is 0. The molecule has 4 nitrogen and oxygen atoms in total. The highest BCUT2D eigenvalue weighted by Crippen LogP contribution is 2.22. The average Bonchev–Trinajstić information content (AvgIpc) is 2.29. The van der Waals surface area contributed by atoms with Crippen LogP contribution >= 0.6 is 0 Å². The Balaban J connectivity index is 2.66. The minimum absolute atomic E-state index is 0.112. The van der Waals surface area contributed by atoms with Gasteiger partial charge in [0.2, 0.25) is 5.91 Å². The molecule has 4 heteroatoms. The van der Waals surface area contributed by atoms with Crippen LogP contribution in [0.3, 0.4) is 0 Å². The second-order valence-corrected chi connectivity index (χ2v) is 4.67. The average molecular weight is 235 g/mol. The van der Waals surface area contributed by atoms with Gasteiger partial charge in [0.25, 0.3) is 0 Å². The van der Waals surface area contributed by atoms with Crippen LogP contribution in [-0.4, -0.2) is 23.5 Å². The first-order valence-electron chi connectivity index (χ1n) is 5.95. The summed E-state index contributed by atoms with van der Waals surface area (Å²) in [6, 6.07) is 3.49. The smallest absolute Gasteiger partial charge is 0.236 e. The van der Waals surface area contributed by atoms with Crippen molar-refractivity contribution in [2.24, 2.45) is 11.7 Å². The van der Waals surface area contributed by atoms with Crippen LogP contribution in [0, 0.1) is 5.92 Å². The van der Waals surface area contributed by atoms with E-state index in [0.29, 0.717) is 12.5 Å². The Morgan fingerprint density at radius 2 is 2.18 bits per heavy atom. The van der Waals surface area contributed by atoms with E-state index >= 15 is 0 Å². The molecule has 0 spiro atoms. The van der Waals surface area contributed by atoms with Gasteiger partial charge in [0.15, 0.2) is 0 Å². The largest absolute Gasteiger partial charge is 0.354 e. The molecule has 0 radical (unpaired) electrons. The summed E-state index contributed by atoms with van der Waals surface area (Å²) in [6.45, 7) is 6.55. The molecule has 1 aromatic heterocycles. The van der Waals surface area contributed by atoms with Gasteiger partial charge in [-0.1, -0.05) is 19.9 Å². The van der Waals surface area contributed by atoms with Crippen molar-refractivity contribution < 1.29 is 4.79 Å². The number of hydrogen-bond acceptors (Lipinski definition) is 3. The van der Waals surface area contributed by atoms with Crippen LogP contribution in [0.5, 0.6) is 0 Å². The molecule has 0 aromatic carbocycles. The number of nitrogens with two attached hydrogens (primary N) is 1. The molecule has 1 heterocycles. The lowest BCUT2D eigenvalue weighted by molar-refractivity contribution is -0.122. The van der Waals surface area contributed by atoms with Crippen LogP contribution in [0.15, 0.2) is 24.5 Å². The maximum Gasteiger partial charge on any atom is 0.236 e. The van der Waals surface area contributed by atoms with Crippen molar-refractivity contribution >= 4 is 5.91 Å². The second kappa shape index (κ2) is 6.35. The van der Waals surface area contributed by atoms with Crippen molar-refractivity contribution in [1.82, 2.24) is 10.3 Å². The van der Waals surface area contributed by atoms with Crippen molar-refractivity contribution in [3.63, 3.8) is 0 Å². The lowest BCUT2D eigenvalue weighted by Gasteiger charge is -2.22. The van der Waals surface area contributed by atoms with Crippen LogP contribution in [0.1, 0.15) is 32.3 Å². The molecule has 1 amide bonds. The predicted molar refractivity (Wildman–Crippen MR) is 68.5 cm³/mol. The molecule has 2 atom stereocenters. The van der Waals surface area contributed by atoms with Gasteiger partial charge in [-0.15, -0.1) is 0 Å². The first-order chi connectivity index (χ1) is 8.02. The molecule has 3 N–H and O–H groups in total. The third-order valence-corrected chi connectivity index (χ3v) is 2.83. The van der Waals surface area contributed by atoms with Crippen LogP contribution in [-0.2, 0) is 4.79 Å². The van der Waals surface area contributed by atoms with Gasteiger partial charge in [-0.3, -0.25) is 9.78 Å². The summed E-state index contributed by atoms with van der Waals surface area (Å²) >= 11 is 0. The van der Waals surface area contributed by atoms with Crippen LogP contribution in [0.4, 0.5) is 0 Å². The van der Waals surface area contributed by atoms with Gasteiger partial charge in [0, 0.05) is 24.9 Å². The van der Waals surface area contributed by atoms with E-state index in [1.807, 2.05) is 18.3 Å². The molecule has 0 aliphatic heterocycles. The maximum atomic E-state index is 11.4. The number of carbonyl (C=O) groups is 1. The lowest BCUT2D eigenvalue weighted by Crippen LogP contribution is -2.40. The van der Waals surface area contributed by atoms with E-state index in [0.717, 1.165) is 5.56 Å². The summed E-state index contributed by atoms with van der Waals surface area (Å²) in [4.78, 5) is 15.6. The number of carbonyl (C=O) groups excluding carboxylic acids is 1. The van der Waals surface area contributed by atoms with E-state index in [1.54, 1.807) is 13.1 Å². The molecular formula is C13H21N3O. The fraction of sp³-hybridized carbons (Fsp3) is 0.538. The van der Waals surface area contributed by atoms with Gasteiger partial charge in [-0.25, -0.2) is 0 Å². The number of pyridine rings is 1. The minimum atomic E-state index is -0.461. The van der Waals surface area contributed by atoms with Crippen molar-refractivity contribution in [2.45, 2.75) is 32.7 Å². The standard InChI is InChI=1S/C13H21N3O/c1-9(2)12(8-16-13(17)10(3)14)11-5-4-6-15-7-11/h4-7,9-10,12H,8,14H2,1-3H3,(H,16,17). The van der Waals surface area contributed by atoms with E-state index in [1.165, 1.54) is 0 Å². The van der Waals surface area contributed by atoms with E-state index < -0.39 is 6.04 Å². The zero-order valence-electron chi connectivity index (χ0n) is 10.7. The molecule has 0 bridgehead atoms. The minimum Gasteiger partial charge on any atom is -0.354 e. The van der Waals surface area contributed by atoms with Crippen molar-refractivity contribution in [1.29, 1.82) is 0 Å². The molecule has 0 aliphatic carbocycles. The highest BCUT2D eigenvalue weighted by Gasteiger charge is 2.17. The van der Waals surface area contributed by atoms with Crippen molar-refractivity contribution in [2.75, 3.05) is 6.54 Å². The van der Waals surface area contributed by atoms with E-state index in [4.69, 9.17) is 5.73 Å². The molecule has 17 heavy (non-hydrogen) atoms. The fourth-order valence-corrected chi connectivity index (χ4v) is 1.71. The van der Waals surface area contributed by atoms with Crippen LogP contribution in [0.25, 0.3) is 0 Å². The first kappa shape index (κ1) is 13.6. The SMILES string of the molecule is CC(N)C(=O)NCC(c1cccnc1)C(C)C. The molecule has 94 valence electrons. The van der Waals surface area contributed by atoms with Crippen molar-refractivity contribution in [3.05, 3.63) is 30.1 Å². The molecule has 2 unspecified atom stereocenters. The molecule has 0 fully saturated rings. The van der Waals surface area contributed by atoms with Gasteiger partial charge in [0.05, 0.1) is 6.04 Å². The highest BCUT2D eigenvalue weighted by atomic mass is 16.2. The summed E-state index contributed by atoms with van der Waals surface area (Å²) in [5.74, 6) is 0.596. The van der Waals surface area contributed by atoms with Crippen molar-refractivity contribution in [3.8, 4) is 0 Å². The third-order valence-electron chi connectivity index (χ3n) is 2.83. The van der Waals surface area contributed by atoms with Crippen LogP contribution < -0.4 is 11.1 Å². The molecule has 0 saturated carbocycles. The normalized spacial score (nSPS) is 14.4. The number of rotatable bonds is 5. The topological polar surface area (TPSA) is 68.0 Å². The van der Waals surface area contributed by atoms with Gasteiger partial charge in [-0.05, 0) is 24.5 Å². The molecule has 0 saturated heterocycles. The van der Waals surface area contributed by atoms with Gasteiger partial charge < -0.3 is 11.1 Å². The molecular weight excluding hydrogens is 214 g/mol. The number of hydrogen-bond donors (Lipinski definition) is 2. The quantitative estimate of drug-likeness (QED) is 0.808. The highest BCUT2D eigenvalue weighted by molar-refractivity contribution is 5.80. The summed E-state index contributed by atoms with van der Waals surface area (Å²) in [6.07, 6.45) is 3.60. The summed E-state index contributed by atoms with van der Waals surface area (Å²) in [5.41, 5.74) is 6.66. The Kier molecular flexibility index (Phi) is 5.10. The third kappa shape index (κ3) is 4.15. The van der Waals surface area contributed by atoms with Gasteiger partial charge in [-0.2, -0.15) is 0 Å². The second-order valence-electron chi connectivity index (χ2n) is 4.67. The number of nitrogens with zero attached hydrogens (tertiary/aromatic N) is 1. The monoisotopic (exact) mass is 235 g/mol. The number of aromatic nitrogens is 1. The molecule has 1 rings (SSSR count). The first-order valence-corrected chi connectivity index (χ1v) is 5.95. The van der Waals surface area contributed by atoms with Crippen LogP contribution in [0.2, 0.25) is 0 Å². The Hall–Kier alpha value is -1.42. The zero-order valence-corrected chi connectivity index (χ0v) is 10.7. The van der Waals surface area contributed by atoms with E-state index in [-0.39, 0.29) is 11.8 Å². The van der Waals surface area contributed by atoms with E-state index in [9.17, 15) is 4.79 Å². The lowest BCUT2D eigenvalue weighted by atomic mass is 9.89. The van der Waals surface area contributed by atoms with Gasteiger partial charge in [0.1, 0.15) is 0 Å². The Labute approximate surface area is 103 Å². The Bertz CT molecular complexity index is 349. The predicted octanol–water partition coefficient (Wildman–Crippen LogP) is 1.28. The maximum absolute atomic E-state index is 11.4. The molecule has 0 aliphatic rings. The number of amides is 1. The Morgan fingerprint density at radius 3 is 2.65 bits per heavy atom. The van der Waals surface area contributed by atoms with E-state index in [2.05, 4.69) is 24.1 Å².